The van der Waals surface area contributed by atoms with Crippen molar-refractivity contribution in [3.8, 4) is 22.5 Å². The van der Waals surface area contributed by atoms with Crippen LogP contribution in [0.15, 0.2) is 108 Å². The maximum absolute atomic E-state index is 12.6. The smallest absolute Gasteiger partial charge is 0.319 e. The zero-order chi connectivity index (χ0) is 25.5. The average molecular weight is 507 g/mol. The molecule has 2 N–H and O–H groups in total. The zero-order valence-electron chi connectivity index (χ0n) is 20.9. The first-order valence-electron chi connectivity index (χ1n) is 12.6. The maximum atomic E-state index is 12.6. The number of rotatable bonds is 9. The first-order valence-corrected chi connectivity index (χ1v) is 13.6. The van der Waals surface area contributed by atoms with Gasteiger partial charge in [-0.3, -0.25) is 0 Å². The minimum atomic E-state index is -0.205. The van der Waals surface area contributed by atoms with Crippen molar-refractivity contribution in [1.82, 2.24) is 14.9 Å². The molecule has 6 heteroatoms. The van der Waals surface area contributed by atoms with Gasteiger partial charge in [0.15, 0.2) is 5.16 Å². The number of hydrogen-bond donors (Lipinski definition) is 2. The van der Waals surface area contributed by atoms with Crippen LogP contribution in [0.5, 0.6) is 0 Å². The summed E-state index contributed by atoms with van der Waals surface area (Å²) in [6, 6.07) is 34.6. The number of imidazole rings is 1. The van der Waals surface area contributed by atoms with Crippen molar-refractivity contribution < 1.29 is 4.79 Å². The Bertz CT molecular complexity index is 1480. The fourth-order valence-corrected chi connectivity index (χ4v) is 5.35. The molecular formula is C31H30N4OS. The number of anilines is 1. The summed E-state index contributed by atoms with van der Waals surface area (Å²) in [4.78, 5) is 17.7. The SMILES string of the molecule is CCCn1c(SCCNC(=O)Nc2cccc3ccccc23)nc(-c2ccccc2)c1-c1ccccc1. The zero-order valence-corrected chi connectivity index (χ0v) is 21.7. The summed E-state index contributed by atoms with van der Waals surface area (Å²) in [5.41, 5.74) is 5.19. The van der Waals surface area contributed by atoms with Crippen molar-refractivity contribution in [2.24, 2.45) is 0 Å². The number of benzene rings is 4. The number of thioether (sulfide) groups is 1. The van der Waals surface area contributed by atoms with Gasteiger partial charge in [-0.05, 0) is 17.9 Å². The number of nitrogens with one attached hydrogen (secondary N) is 2. The van der Waals surface area contributed by atoms with E-state index < -0.39 is 0 Å². The van der Waals surface area contributed by atoms with E-state index in [0.717, 1.165) is 57.1 Å². The van der Waals surface area contributed by atoms with E-state index in [1.54, 1.807) is 11.8 Å². The van der Waals surface area contributed by atoms with Gasteiger partial charge in [0, 0.05) is 35.4 Å². The summed E-state index contributed by atoms with van der Waals surface area (Å²) in [7, 11) is 0. The number of fused-ring (bicyclic) bond motifs is 1. The largest absolute Gasteiger partial charge is 0.337 e. The van der Waals surface area contributed by atoms with E-state index >= 15 is 0 Å². The van der Waals surface area contributed by atoms with Crippen LogP contribution >= 0.6 is 11.8 Å². The van der Waals surface area contributed by atoms with Crippen molar-refractivity contribution in [2.75, 3.05) is 17.6 Å². The van der Waals surface area contributed by atoms with Crippen molar-refractivity contribution in [2.45, 2.75) is 25.0 Å². The first-order chi connectivity index (χ1) is 18.2. The average Bonchev–Trinajstić information content (AvgIpc) is 3.30. The number of carbonyl (C=O) groups is 1. The molecule has 5 nitrogen and oxygen atoms in total. The number of amides is 2. The van der Waals surface area contributed by atoms with Crippen LogP contribution in [0.25, 0.3) is 33.3 Å². The number of nitrogens with zero attached hydrogens (tertiary/aromatic N) is 2. The molecule has 1 aromatic heterocycles. The topological polar surface area (TPSA) is 59.0 Å². The number of carbonyl (C=O) groups excluding carboxylic acids is 1. The van der Waals surface area contributed by atoms with Crippen LogP contribution in [-0.4, -0.2) is 27.9 Å². The van der Waals surface area contributed by atoms with Gasteiger partial charge in [-0.1, -0.05) is 116 Å². The third-order valence-electron chi connectivity index (χ3n) is 6.13. The molecule has 0 fully saturated rings. The Labute approximate surface area is 221 Å². The highest BCUT2D eigenvalue weighted by Gasteiger charge is 2.20. The van der Waals surface area contributed by atoms with Crippen LogP contribution in [0.2, 0.25) is 0 Å². The molecule has 37 heavy (non-hydrogen) atoms. The molecule has 0 aliphatic rings. The third-order valence-corrected chi connectivity index (χ3v) is 7.11. The van der Waals surface area contributed by atoms with E-state index in [1.165, 1.54) is 0 Å². The molecule has 0 spiro atoms. The molecule has 0 aliphatic heterocycles. The van der Waals surface area contributed by atoms with Gasteiger partial charge in [0.25, 0.3) is 0 Å². The second kappa shape index (κ2) is 11.8. The third kappa shape index (κ3) is 5.70. The lowest BCUT2D eigenvalue weighted by molar-refractivity contribution is 0.252. The Morgan fingerprint density at radius 1 is 0.838 bits per heavy atom. The Morgan fingerprint density at radius 3 is 2.27 bits per heavy atom. The second-order valence-electron chi connectivity index (χ2n) is 8.73. The van der Waals surface area contributed by atoms with Gasteiger partial charge >= 0.3 is 6.03 Å². The van der Waals surface area contributed by atoms with E-state index in [1.807, 2.05) is 66.7 Å². The van der Waals surface area contributed by atoms with E-state index in [4.69, 9.17) is 4.98 Å². The van der Waals surface area contributed by atoms with Crippen LogP contribution < -0.4 is 10.6 Å². The summed E-state index contributed by atoms with van der Waals surface area (Å²) in [5, 5.41) is 9.08. The molecule has 2 amide bonds. The minimum absolute atomic E-state index is 0.205. The quantitative estimate of drug-likeness (QED) is 0.159. The highest BCUT2D eigenvalue weighted by Crippen LogP contribution is 2.36. The first kappa shape index (κ1) is 24.7. The standard InChI is InChI=1S/C31H30N4OS/c1-2-21-35-29(25-15-7-4-8-16-25)28(24-13-5-3-6-14-24)34-31(35)37-22-20-32-30(36)33-27-19-11-17-23-12-9-10-18-26(23)27/h3-19H,2,20-22H2,1H3,(H2,32,33,36). The fraction of sp³-hybridized carbons (Fsp3) is 0.161. The fourth-order valence-electron chi connectivity index (χ4n) is 4.47. The molecule has 5 rings (SSSR count). The molecule has 0 atom stereocenters. The summed E-state index contributed by atoms with van der Waals surface area (Å²) in [5.74, 6) is 0.714. The van der Waals surface area contributed by atoms with Crippen LogP contribution in [0, 0.1) is 0 Å². The highest BCUT2D eigenvalue weighted by molar-refractivity contribution is 7.99. The van der Waals surface area contributed by atoms with Crippen LogP contribution in [0.3, 0.4) is 0 Å². The lowest BCUT2D eigenvalue weighted by atomic mass is 10.0. The Kier molecular flexibility index (Phi) is 7.87. The summed E-state index contributed by atoms with van der Waals surface area (Å²) >= 11 is 1.67. The van der Waals surface area contributed by atoms with Crippen LogP contribution in [0.4, 0.5) is 10.5 Å². The number of hydrogen-bond acceptors (Lipinski definition) is 3. The van der Waals surface area contributed by atoms with E-state index in [-0.39, 0.29) is 6.03 Å². The van der Waals surface area contributed by atoms with Gasteiger partial charge in [-0.15, -0.1) is 0 Å². The highest BCUT2D eigenvalue weighted by atomic mass is 32.2. The lowest BCUT2D eigenvalue weighted by Crippen LogP contribution is -2.30. The predicted molar refractivity (Wildman–Crippen MR) is 155 cm³/mol. The maximum Gasteiger partial charge on any atom is 0.319 e. The molecule has 0 radical (unpaired) electrons. The molecule has 0 bridgehead atoms. The number of urea groups is 1. The van der Waals surface area contributed by atoms with Gasteiger partial charge < -0.3 is 15.2 Å². The molecule has 186 valence electrons. The molecular weight excluding hydrogens is 476 g/mol. The van der Waals surface area contributed by atoms with Gasteiger partial charge in [0.05, 0.1) is 17.1 Å². The summed E-state index contributed by atoms with van der Waals surface area (Å²) in [6.07, 6.45) is 1.00. The Hall–Kier alpha value is -4.03. The van der Waals surface area contributed by atoms with Crippen molar-refractivity contribution >= 4 is 34.3 Å². The van der Waals surface area contributed by atoms with Crippen LogP contribution in [0.1, 0.15) is 13.3 Å². The van der Waals surface area contributed by atoms with Crippen LogP contribution in [-0.2, 0) is 6.54 Å². The molecule has 4 aromatic carbocycles. The molecule has 5 aromatic rings. The van der Waals surface area contributed by atoms with Gasteiger partial charge in [-0.2, -0.15) is 0 Å². The lowest BCUT2D eigenvalue weighted by Gasteiger charge is -2.12. The number of aromatic nitrogens is 2. The monoisotopic (exact) mass is 506 g/mol. The van der Waals surface area contributed by atoms with Crippen molar-refractivity contribution in [3.05, 3.63) is 103 Å². The molecule has 1 heterocycles. The summed E-state index contributed by atoms with van der Waals surface area (Å²) in [6.45, 7) is 3.59. The molecule has 0 saturated carbocycles. The Morgan fingerprint density at radius 2 is 1.51 bits per heavy atom. The molecule has 0 aliphatic carbocycles. The van der Waals surface area contributed by atoms with E-state index in [0.29, 0.717) is 12.3 Å². The van der Waals surface area contributed by atoms with Gasteiger partial charge in [0.2, 0.25) is 0 Å². The van der Waals surface area contributed by atoms with Crippen molar-refractivity contribution in [1.29, 1.82) is 0 Å². The molecule has 0 unspecified atom stereocenters. The minimum Gasteiger partial charge on any atom is -0.337 e. The van der Waals surface area contributed by atoms with Gasteiger partial charge in [0.1, 0.15) is 0 Å². The van der Waals surface area contributed by atoms with E-state index in [2.05, 4.69) is 58.5 Å². The predicted octanol–water partition coefficient (Wildman–Crippen LogP) is 7.69. The van der Waals surface area contributed by atoms with Gasteiger partial charge in [-0.25, -0.2) is 9.78 Å². The van der Waals surface area contributed by atoms with E-state index in [9.17, 15) is 4.79 Å². The second-order valence-corrected chi connectivity index (χ2v) is 9.79. The Balaban J connectivity index is 1.31. The normalized spacial score (nSPS) is 10.9. The van der Waals surface area contributed by atoms with Crippen molar-refractivity contribution in [3.63, 3.8) is 0 Å². The molecule has 0 saturated heterocycles. The summed E-state index contributed by atoms with van der Waals surface area (Å²) < 4.78 is 2.32.